The summed E-state index contributed by atoms with van der Waals surface area (Å²) >= 11 is 1.59. The van der Waals surface area contributed by atoms with E-state index >= 15 is 0 Å². The predicted octanol–water partition coefficient (Wildman–Crippen LogP) is 2.07. The number of rotatable bonds is 4. The Morgan fingerprint density at radius 2 is 2.12 bits per heavy atom. The number of amidine groups is 1. The second kappa shape index (κ2) is 6.09. The molecule has 0 spiro atoms. The highest BCUT2D eigenvalue weighted by molar-refractivity contribution is 7.09. The molecule has 0 saturated carbocycles. The molecule has 2 aliphatic rings. The first-order valence-corrected chi connectivity index (χ1v) is 8.64. The van der Waals surface area contributed by atoms with Gasteiger partial charge in [0.25, 0.3) is 0 Å². The number of para-hydroxylation sites is 1. The highest BCUT2D eigenvalue weighted by atomic mass is 32.1. The van der Waals surface area contributed by atoms with Gasteiger partial charge < -0.3 is 5.32 Å². The monoisotopic (exact) mass is 340 g/mol. The Bertz CT molecular complexity index is 816. The van der Waals surface area contributed by atoms with Gasteiger partial charge in [0.15, 0.2) is 0 Å². The van der Waals surface area contributed by atoms with Crippen LogP contribution in [0.1, 0.15) is 10.4 Å². The van der Waals surface area contributed by atoms with Crippen LogP contribution in [-0.2, 0) is 11.3 Å². The number of thiophene rings is 1. The van der Waals surface area contributed by atoms with Crippen LogP contribution in [0.5, 0.6) is 0 Å². The zero-order valence-corrected chi connectivity index (χ0v) is 13.8. The summed E-state index contributed by atoms with van der Waals surface area (Å²) in [5.41, 5.74) is 1.64. The van der Waals surface area contributed by atoms with E-state index in [1.807, 2.05) is 41.8 Å². The maximum absolute atomic E-state index is 12.7. The van der Waals surface area contributed by atoms with Gasteiger partial charge in [0.1, 0.15) is 12.4 Å². The molecule has 0 aliphatic carbocycles. The number of anilines is 1. The molecule has 122 valence electrons. The van der Waals surface area contributed by atoms with Crippen LogP contribution < -0.4 is 10.2 Å². The Morgan fingerprint density at radius 3 is 2.96 bits per heavy atom. The van der Waals surface area contributed by atoms with Crippen LogP contribution in [0.15, 0.2) is 46.8 Å². The summed E-state index contributed by atoms with van der Waals surface area (Å²) in [4.78, 5) is 33.7. The van der Waals surface area contributed by atoms with E-state index in [0.29, 0.717) is 25.5 Å². The van der Waals surface area contributed by atoms with E-state index in [-0.39, 0.29) is 18.5 Å². The van der Waals surface area contributed by atoms with Crippen LogP contribution in [0, 0.1) is 0 Å². The minimum Gasteiger partial charge on any atom is -0.350 e. The Hall–Kier alpha value is -2.67. The van der Waals surface area contributed by atoms with Gasteiger partial charge in [-0.25, -0.2) is 4.79 Å². The summed E-state index contributed by atoms with van der Waals surface area (Å²) in [6.07, 6.45) is 0. The normalized spacial score (nSPS) is 15.8. The summed E-state index contributed by atoms with van der Waals surface area (Å²) in [5, 5.41) is 4.84. The number of hydrogen-bond acceptors (Lipinski definition) is 4. The molecule has 24 heavy (non-hydrogen) atoms. The molecule has 0 fully saturated rings. The number of fused-ring (bicyclic) bond motifs is 3. The van der Waals surface area contributed by atoms with E-state index < -0.39 is 0 Å². The highest BCUT2D eigenvalue weighted by Crippen LogP contribution is 2.30. The average molecular weight is 340 g/mol. The molecule has 0 atom stereocenters. The molecular formula is C17H16N4O2S. The maximum Gasteiger partial charge on any atom is 0.330 e. The molecular weight excluding hydrogens is 324 g/mol. The Labute approximate surface area is 143 Å². The fourth-order valence-corrected chi connectivity index (χ4v) is 3.61. The molecule has 6 nitrogen and oxygen atoms in total. The first-order chi connectivity index (χ1) is 11.7. The first kappa shape index (κ1) is 14.9. The number of nitrogens with one attached hydrogen (secondary N) is 1. The van der Waals surface area contributed by atoms with E-state index in [9.17, 15) is 9.59 Å². The van der Waals surface area contributed by atoms with Crippen LogP contribution in [0.3, 0.4) is 0 Å². The van der Waals surface area contributed by atoms with Crippen molar-refractivity contribution in [2.45, 2.75) is 6.54 Å². The van der Waals surface area contributed by atoms with Crippen LogP contribution in [0.4, 0.5) is 10.5 Å². The van der Waals surface area contributed by atoms with Gasteiger partial charge in [-0.2, -0.15) is 0 Å². The van der Waals surface area contributed by atoms with Gasteiger partial charge in [0, 0.05) is 17.0 Å². The van der Waals surface area contributed by atoms with Gasteiger partial charge in [0.2, 0.25) is 5.91 Å². The average Bonchev–Trinajstić information content (AvgIpc) is 3.28. The number of amides is 3. The zero-order chi connectivity index (χ0) is 16.5. The molecule has 1 aromatic heterocycles. The van der Waals surface area contributed by atoms with Crippen molar-refractivity contribution in [3.63, 3.8) is 0 Å². The van der Waals surface area contributed by atoms with Crippen molar-refractivity contribution in [3.8, 4) is 0 Å². The van der Waals surface area contributed by atoms with Crippen molar-refractivity contribution in [2.75, 3.05) is 24.5 Å². The van der Waals surface area contributed by atoms with E-state index in [1.54, 1.807) is 16.2 Å². The predicted molar refractivity (Wildman–Crippen MR) is 93.5 cm³/mol. The van der Waals surface area contributed by atoms with Gasteiger partial charge in [-0.3, -0.25) is 19.6 Å². The molecule has 2 aliphatic heterocycles. The van der Waals surface area contributed by atoms with Gasteiger partial charge in [-0.1, -0.05) is 18.2 Å². The molecule has 4 rings (SSSR count). The molecule has 1 N–H and O–H groups in total. The van der Waals surface area contributed by atoms with Crippen molar-refractivity contribution in [1.82, 2.24) is 10.2 Å². The number of aliphatic imine (C=N–C) groups is 1. The van der Waals surface area contributed by atoms with Crippen LogP contribution in [-0.4, -0.2) is 42.3 Å². The zero-order valence-electron chi connectivity index (χ0n) is 12.9. The maximum atomic E-state index is 12.7. The number of carbonyl (C=O) groups is 2. The van der Waals surface area contributed by atoms with Gasteiger partial charge in [0.05, 0.1) is 18.8 Å². The number of nitrogens with zero attached hydrogens (tertiary/aromatic N) is 3. The summed E-state index contributed by atoms with van der Waals surface area (Å²) in [5.74, 6) is 0.539. The van der Waals surface area contributed by atoms with Gasteiger partial charge in [-0.05, 0) is 23.6 Å². The smallest absolute Gasteiger partial charge is 0.330 e. The van der Waals surface area contributed by atoms with Crippen LogP contribution in [0.2, 0.25) is 0 Å². The number of hydrogen-bond donors (Lipinski definition) is 1. The number of carbonyl (C=O) groups excluding carboxylic acids is 2. The molecule has 1 aromatic carbocycles. The van der Waals surface area contributed by atoms with E-state index in [1.165, 1.54) is 4.90 Å². The van der Waals surface area contributed by atoms with E-state index in [0.717, 1.165) is 16.1 Å². The lowest BCUT2D eigenvalue weighted by Gasteiger charge is -2.34. The molecule has 0 bridgehead atoms. The van der Waals surface area contributed by atoms with Crippen LogP contribution in [0.25, 0.3) is 0 Å². The highest BCUT2D eigenvalue weighted by Gasteiger charge is 2.37. The lowest BCUT2D eigenvalue weighted by atomic mass is 10.1. The molecule has 0 unspecified atom stereocenters. The van der Waals surface area contributed by atoms with Crippen molar-refractivity contribution >= 4 is 34.8 Å². The fraction of sp³-hybridized carbons (Fsp3) is 0.235. The summed E-state index contributed by atoms with van der Waals surface area (Å²) in [6.45, 7) is 1.66. The standard InChI is InChI=1S/C17H16N4O2S/c22-15(19-10-12-4-3-9-24-12)11-21-14-6-2-1-5-13(14)16-18-7-8-20(16)17(21)23/h1-6,9H,7-8,10-11H2,(H,19,22). The SMILES string of the molecule is O=C(CN1C(=O)N2CCN=C2c2ccccc21)NCc1cccs1. The topological polar surface area (TPSA) is 65.0 Å². The number of urea groups is 1. The third-order valence-corrected chi connectivity index (χ3v) is 4.96. The van der Waals surface area contributed by atoms with Crippen LogP contribution >= 0.6 is 11.3 Å². The molecule has 2 aromatic rings. The van der Waals surface area contributed by atoms with Gasteiger partial charge >= 0.3 is 6.03 Å². The Morgan fingerprint density at radius 1 is 1.25 bits per heavy atom. The van der Waals surface area contributed by atoms with Crippen molar-refractivity contribution in [3.05, 3.63) is 52.2 Å². The second-order valence-electron chi connectivity index (χ2n) is 5.60. The summed E-state index contributed by atoms with van der Waals surface area (Å²) in [6, 6.07) is 11.3. The van der Waals surface area contributed by atoms with Crippen molar-refractivity contribution in [2.24, 2.45) is 4.99 Å². The lowest BCUT2D eigenvalue weighted by Crippen LogP contribution is -2.52. The number of benzene rings is 1. The molecule has 3 amide bonds. The van der Waals surface area contributed by atoms with Gasteiger partial charge in [-0.15, -0.1) is 11.3 Å². The second-order valence-corrected chi connectivity index (χ2v) is 6.63. The summed E-state index contributed by atoms with van der Waals surface area (Å²) < 4.78 is 0. The summed E-state index contributed by atoms with van der Waals surface area (Å²) in [7, 11) is 0. The minimum absolute atomic E-state index is 0.00496. The molecule has 3 heterocycles. The quantitative estimate of drug-likeness (QED) is 0.926. The Kier molecular flexibility index (Phi) is 3.78. The molecule has 0 saturated heterocycles. The van der Waals surface area contributed by atoms with Crippen molar-refractivity contribution < 1.29 is 9.59 Å². The molecule has 7 heteroatoms. The first-order valence-electron chi connectivity index (χ1n) is 7.76. The van der Waals surface area contributed by atoms with E-state index in [2.05, 4.69) is 10.3 Å². The van der Waals surface area contributed by atoms with Crippen molar-refractivity contribution in [1.29, 1.82) is 0 Å². The minimum atomic E-state index is -0.184. The van der Waals surface area contributed by atoms with E-state index in [4.69, 9.17) is 0 Å². The molecule has 0 radical (unpaired) electrons. The third-order valence-electron chi connectivity index (χ3n) is 4.08. The third kappa shape index (κ3) is 2.56. The fourth-order valence-electron chi connectivity index (χ4n) is 2.96. The lowest BCUT2D eigenvalue weighted by molar-refractivity contribution is -0.119. The largest absolute Gasteiger partial charge is 0.350 e. The Balaban J connectivity index is 1.54.